The lowest BCUT2D eigenvalue weighted by Crippen LogP contribution is -2.44. The van der Waals surface area contributed by atoms with Gasteiger partial charge in [0.05, 0.1) is 18.2 Å². The molecule has 1 unspecified atom stereocenters. The molecule has 300 valence electrons. The SMILES string of the molecule is O=C1CCC(c2cccc(N3CCC(CN4CCC(C(=O)NCCOc5ccc(-c6cc(Nc7ccc(OC(F)(F)F)cc7)ncn6)cc5)CC4)CC3)c2)C(=O)N1. The van der Waals surface area contributed by atoms with Gasteiger partial charge in [0, 0.05) is 55.0 Å². The molecule has 57 heavy (non-hydrogen) atoms. The summed E-state index contributed by atoms with van der Waals surface area (Å²) in [5, 5.41) is 8.56. The molecule has 12 nitrogen and oxygen atoms in total. The number of halogens is 3. The molecule has 3 fully saturated rings. The van der Waals surface area contributed by atoms with Gasteiger partial charge in [0.15, 0.2) is 0 Å². The molecule has 0 radical (unpaired) electrons. The number of ether oxygens (including phenoxy) is 2. The number of nitrogens with one attached hydrogen (secondary N) is 3. The van der Waals surface area contributed by atoms with Gasteiger partial charge in [-0.3, -0.25) is 19.7 Å². The van der Waals surface area contributed by atoms with E-state index in [-0.39, 0.29) is 35.3 Å². The maximum atomic E-state index is 13.0. The van der Waals surface area contributed by atoms with Gasteiger partial charge in [-0.1, -0.05) is 12.1 Å². The van der Waals surface area contributed by atoms with Crippen LogP contribution in [-0.2, 0) is 14.4 Å². The van der Waals surface area contributed by atoms with Crippen LogP contribution in [0.15, 0.2) is 85.2 Å². The van der Waals surface area contributed by atoms with Crippen LogP contribution in [0.1, 0.15) is 50.0 Å². The number of benzene rings is 3. The zero-order valence-corrected chi connectivity index (χ0v) is 31.5. The first-order valence-corrected chi connectivity index (χ1v) is 19.4. The number of hydrogen-bond donors (Lipinski definition) is 3. The van der Waals surface area contributed by atoms with Gasteiger partial charge in [0.2, 0.25) is 17.7 Å². The van der Waals surface area contributed by atoms with Crippen molar-refractivity contribution in [3.63, 3.8) is 0 Å². The van der Waals surface area contributed by atoms with E-state index in [9.17, 15) is 27.6 Å². The van der Waals surface area contributed by atoms with Crippen molar-refractivity contribution < 1.29 is 37.0 Å². The Morgan fingerprint density at radius 2 is 1.60 bits per heavy atom. The lowest BCUT2D eigenvalue weighted by molar-refractivity contribution is -0.274. The van der Waals surface area contributed by atoms with E-state index in [1.54, 1.807) is 6.07 Å². The third-order valence-electron chi connectivity index (χ3n) is 10.8. The van der Waals surface area contributed by atoms with Gasteiger partial charge in [-0.25, -0.2) is 9.97 Å². The molecular formula is C42H46F3N7O5. The third-order valence-corrected chi connectivity index (χ3v) is 10.8. The summed E-state index contributed by atoms with van der Waals surface area (Å²) in [6.45, 7) is 5.52. The maximum Gasteiger partial charge on any atom is 0.573 e. The Morgan fingerprint density at radius 3 is 2.32 bits per heavy atom. The van der Waals surface area contributed by atoms with E-state index >= 15 is 0 Å². The molecule has 3 saturated heterocycles. The van der Waals surface area contributed by atoms with Crippen molar-refractivity contribution in [2.75, 3.05) is 56.1 Å². The Morgan fingerprint density at radius 1 is 0.860 bits per heavy atom. The summed E-state index contributed by atoms with van der Waals surface area (Å²) in [4.78, 5) is 50.4. The van der Waals surface area contributed by atoms with Crippen molar-refractivity contribution >= 4 is 34.9 Å². The Labute approximate surface area is 329 Å². The molecule has 3 N–H and O–H groups in total. The fraction of sp³-hybridized carbons (Fsp3) is 0.405. The van der Waals surface area contributed by atoms with Crippen molar-refractivity contribution in [3.8, 4) is 22.8 Å². The van der Waals surface area contributed by atoms with Crippen LogP contribution in [0.4, 0.5) is 30.4 Å². The highest BCUT2D eigenvalue weighted by atomic mass is 19.4. The van der Waals surface area contributed by atoms with E-state index in [2.05, 4.69) is 52.6 Å². The van der Waals surface area contributed by atoms with Crippen molar-refractivity contribution in [3.05, 3.63) is 90.8 Å². The summed E-state index contributed by atoms with van der Waals surface area (Å²) in [5.41, 5.74) is 4.10. The van der Waals surface area contributed by atoms with Crippen LogP contribution in [0.25, 0.3) is 11.3 Å². The van der Waals surface area contributed by atoms with Gasteiger partial charge in [0.1, 0.15) is 30.3 Å². The molecule has 3 aliphatic rings. The van der Waals surface area contributed by atoms with Crippen molar-refractivity contribution in [2.45, 2.75) is 50.8 Å². The van der Waals surface area contributed by atoms with E-state index in [4.69, 9.17) is 4.74 Å². The van der Waals surface area contributed by atoms with Crippen LogP contribution in [0.5, 0.6) is 11.5 Å². The normalized spacial score (nSPS) is 18.5. The summed E-state index contributed by atoms with van der Waals surface area (Å²) in [7, 11) is 0. The molecule has 3 amide bonds. The highest BCUT2D eigenvalue weighted by molar-refractivity contribution is 6.01. The van der Waals surface area contributed by atoms with Crippen LogP contribution in [-0.4, -0.2) is 84.8 Å². The van der Waals surface area contributed by atoms with Crippen LogP contribution in [0, 0.1) is 11.8 Å². The number of aromatic nitrogens is 2. The zero-order valence-electron chi connectivity index (χ0n) is 31.5. The second-order valence-electron chi connectivity index (χ2n) is 14.8. The Bertz CT molecular complexity index is 2000. The highest BCUT2D eigenvalue weighted by Gasteiger charge is 2.32. The van der Waals surface area contributed by atoms with Gasteiger partial charge in [0.25, 0.3) is 0 Å². The predicted octanol–water partition coefficient (Wildman–Crippen LogP) is 6.43. The van der Waals surface area contributed by atoms with Crippen LogP contribution in [0.3, 0.4) is 0 Å². The summed E-state index contributed by atoms with van der Waals surface area (Å²) in [5.74, 6) is 0.805. The number of hydrogen-bond acceptors (Lipinski definition) is 10. The lowest BCUT2D eigenvalue weighted by Gasteiger charge is -2.38. The van der Waals surface area contributed by atoms with Crippen LogP contribution in [0.2, 0.25) is 0 Å². The summed E-state index contributed by atoms with van der Waals surface area (Å²) >= 11 is 0. The number of alkyl halides is 3. The second-order valence-corrected chi connectivity index (χ2v) is 14.8. The fourth-order valence-corrected chi connectivity index (χ4v) is 7.75. The standard InChI is InChI=1S/C42H46F3N7O5/c43-42(44,45)57-35-10-6-32(7-11-35)49-38-25-37(47-27-48-38)29-4-8-34(9-5-29)56-23-18-46-40(54)30-16-19-51(20-17-30)26-28-14-21-52(22-15-28)33-3-1-2-31(24-33)36-12-13-39(53)50-41(36)55/h1-11,24-25,27-28,30,36H,12-23,26H2,(H,46,54)(H,47,48,49)(H,50,53,55). The predicted molar refractivity (Wildman–Crippen MR) is 208 cm³/mol. The molecule has 1 atom stereocenters. The molecule has 0 aliphatic carbocycles. The number of piperidine rings is 3. The average molecular weight is 786 g/mol. The second kappa shape index (κ2) is 18.0. The molecule has 0 saturated carbocycles. The summed E-state index contributed by atoms with van der Waals surface area (Å²) in [6, 6.07) is 22.7. The number of nitrogens with zero attached hydrogens (tertiary/aromatic N) is 4. The molecule has 1 aromatic heterocycles. The van der Waals surface area contributed by atoms with Crippen molar-refractivity contribution in [1.82, 2.24) is 25.5 Å². The third kappa shape index (κ3) is 11.0. The first-order chi connectivity index (χ1) is 27.5. The Kier molecular flexibility index (Phi) is 12.5. The van der Waals surface area contributed by atoms with Gasteiger partial charge >= 0.3 is 6.36 Å². The topological polar surface area (TPSA) is 138 Å². The van der Waals surface area contributed by atoms with Gasteiger partial charge in [-0.05, 0) is 117 Å². The van der Waals surface area contributed by atoms with Gasteiger partial charge in [-0.15, -0.1) is 13.2 Å². The van der Waals surface area contributed by atoms with E-state index in [0.29, 0.717) is 54.9 Å². The number of imide groups is 1. The number of carbonyl (C=O) groups is 3. The van der Waals surface area contributed by atoms with E-state index in [1.165, 1.54) is 30.6 Å². The average Bonchev–Trinajstić information content (AvgIpc) is 3.21. The molecule has 0 spiro atoms. The molecule has 0 bridgehead atoms. The van der Waals surface area contributed by atoms with Crippen LogP contribution >= 0.6 is 0 Å². The van der Waals surface area contributed by atoms with E-state index in [0.717, 1.165) is 75.2 Å². The monoisotopic (exact) mass is 785 g/mol. The Hall–Kier alpha value is -5.70. The largest absolute Gasteiger partial charge is 0.573 e. The minimum atomic E-state index is -4.75. The lowest BCUT2D eigenvalue weighted by atomic mass is 9.89. The minimum absolute atomic E-state index is 0.00553. The summed E-state index contributed by atoms with van der Waals surface area (Å²) in [6.07, 6.45) is 1.44. The minimum Gasteiger partial charge on any atom is -0.492 e. The number of rotatable bonds is 13. The first kappa shape index (κ1) is 39.5. The zero-order chi connectivity index (χ0) is 39.8. The quantitative estimate of drug-likeness (QED) is 0.103. The maximum absolute atomic E-state index is 13.0. The van der Waals surface area contributed by atoms with Crippen molar-refractivity contribution in [2.24, 2.45) is 11.8 Å². The molecular weight excluding hydrogens is 739 g/mol. The Balaban J connectivity index is 0.781. The smallest absolute Gasteiger partial charge is 0.492 e. The first-order valence-electron chi connectivity index (χ1n) is 19.4. The highest BCUT2D eigenvalue weighted by Crippen LogP contribution is 2.31. The number of likely N-dealkylation sites (tertiary alicyclic amines) is 1. The van der Waals surface area contributed by atoms with Crippen molar-refractivity contribution in [1.29, 1.82) is 0 Å². The number of anilines is 3. The molecule has 4 heterocycles. The summed E-state index contributed by atoms with van der Waals surface area (Å²) < 4.78 is 47.1. The van der Waals surface area contributed by atoms with Crippen LogP contribution < -0.4 is 30.3 Å². The van der Waals surface area contributed by atoms with E-state index < -0.39 is 6.36 Å². The van der Waals surface area contributed by atoms with Gasteiger partial charge < -0.3 is 29.9 Å². The fourth-order valence-electron chi connectivity index (χ4n) is 7.75. The number of amides is 3. The molecule has 7 rings (SSSR count). The van der Waals surface area contributed by atoms with Gasteiger partial charge in [-0.2, -0.15) is 0 Å². The number of carbonyl (C=O) groups excluding carboxylic acids is 3. The molecule has 15 heteroatoms. The molecule has 3 aromatic carbocycles. The molecule has 3 aliphatic heterocycles. The molecule has 4 aromatic rings. The van der Waals surface area contributed by atoms with E-state index in [1.807, 2.05) is 36.4 Å².